The lowest BCUT2D eigenvalue weighted by Gasteiger charge is -2.10. The summed E-state index contributed by atoms with van der Waals surface area (Å²) in [6.45, 7) is 2.15. The second-order valence-corrected chi connectivity index (χ2v) is 8.64. The van der Waals surface area contributed by atoms with E-state index in [0.29, 0.717) is 0 Å². The van der Waals surface area contributed by atoms with Crippen LogP contribution in [0.3, 0.4) is 0 Å². The van der Waals surface area contributed by atoms with Gasteiger partial charge in [-0.15, -0.1) is 0 Å². The summed E-state index contributed by atoms with van der Waals surface area (Å²) in [6.07, 6.45) is 9.72. The molecule has 32 heavy (non-hydrogen) atoms. The molecule has 0 atom stereocenters. The Balaban J connectivity index is 1.61. The van der Waals surface area contributed by atoms with Crippen LogP contribution in [0.2, 0.25) is 0 Å². The molecule has 0 fully saturated rings. The maximum atomic E-state index is 6.15. The lowest BCUT2D eigenvalue weighted by Crippen LogP contribution is -1.97. The SMILES string of the molecule is Cc1cccc2oc3ccc(-n4c5c(c6cc7ccccc7cc64)CC=CC=C5)cc3c12. The van der Waals surface area contributed by atoms with E-state index in [9.17, 15) is 0 Å². The number of rotatable bonds is 1. The number of hydrogen-bond acceptors (Lipinski definition) is 1. The minimum Gasteiger partial charge on any atom is -0.456 e. The van der Waals surface area contributed by atoms with Crippen LogP contribution in [0.25, 0.3) is 55.4 Å². The van der Waals surface area contributed by atoms with Crippen molar-refractivity contribution in [3.8, 4) is 5.69 Å². The molecule has 0 aliphatic heterocycles. The van der Waals surface area contributed by atoms with Crippen LogP contribution >= 0.6 is 0 Å². The quantitative estimate of drug-likeness (QED) is 0.267. The normalized spacial score (nSPS) is 13.4. The minimum absolute atomic E-state index is 0.931. The van der Waals surface area contributed by atoms with E-state index < -0.39 is 0 Å². The predicted octanol–water partition coefficient (Wildman–Crippen LogP) is 8.12. The number of allylic oxidation sites excluding steroid dienone is 3. The van der Waals surface area contributed by atoms with Crippen molar-refractivity contribution in [2.75, 3.05) is 0 Å². The fourth-order valence-corrected chi connectivity index (χ4v) is 5.27. The zero-order chi connectivity index (χ0) is 21.2. The van der Waals surface area contributed by atoms with Crippen LogP contribution in [0.1, 0.15) is 16.8 Å². The molecule has 2 heteroatoms. The highest BCUT2D eigenvalue weighted by Gasteiger charge is 2.19. The van der Waals surface area contributed by atoms with Crippen LogP contribution in [-0.2, 0) is 6.42 Å². The predicted molar refractivity (Wildman–Crippen MR) is 135 cm³/mol. The first kappa shape index (κ1) is 17.6. The number of benzene rings is 4. The first-order valence-electron chi connectivity index (χ1n) is 11.1. The molecule has 0 spiro atoms. The van der Waals surface area contributed by atoms with E-state index in [1.54, 1.807) is 0 Å². The molecule has 0 bridgehead atoms. The van der Waals surface area contributed by atoms with Crippen molar-refractivity contribution in [3.05, 3.63) is 108 Å². The van der Waals surface area contributed by atoms with Gasteiger partial charge >= 0.3 is 0 Å². The molecule has 0 unspecified atom stereocenters. The maximum absolute atomic E-state index is 6.15. The molecule has 7 rings (SSSR count). The van der Waals surface area contributed by atoms with Gasteiger partial charge in [0.25, 0.3) is 0 Å². The monoisotopic (exact) mass is 411 g/mol. The Labute approximate surface area is 185 Å². The number of aryl methyl sites for hydroxylation is 1. The second kappa shape index (κ2) is 6.48. The molecule has 2 aromatic heterocycles. The van der Waals surface area contributed by atoms with Gasteiger partial charge in [-0.1, -0.05) is 54.6 Å². The van der Waals surface area contributed by atoms with E-state index in [1.165, 1.54) is 49.3 Å². The van der Waals surface area contributed by atoms with Gasteiger partial charge in [-0.3, -0.25) is 0 Å². The van der Waals surface area contributed by atoms with Crippen molar-refractivity contribution in [2.45, 2.75) is 13.3 Å². The molecule has 6 aromatic rings. The van der Waals surface area contributed by atoms with Gasteiger partial charge < -0.3 is 8.98 Å². The van der Waals surface area contributed by atoms with Crippen molar-refractivity contribution in [1.29, 1.82) is 0 Å². The van der Waals surface area contributed by atoms with E-state index in [4.69, 9.17) is 4.42 Å². The van der Waals surface area contributed by atoms with Crippen LogP contribution in [0, 0.1) is 6.92 Å². The lowest BCUT2D eigenvalue weighted by molar-refractivity contribution is 0.668. The van der Waals surface area contributed by atoms with Gasteiger partial charge in [-0.25, -0.2) is 0 Å². The summed E-state index contributed by atoms with van der Waals surface area (Å²) < 4.78 is 8.56. The lowest BCUT2D eigenvalue weighted by atomic mass is 10.0. The molecule has 0 saturated heterocycles. The molecule has 0 N–H and O–H groups in total. The summed E-state index contributed by atoms with van der Waals surface area (Å²) in [5, 5.41) is 6.24. The molecule has 2 nitrogen and oxygen atoms in total. The van der Waals surface area contributed by atoms with E-state index in [1.807, 2.05) is 0 Å². The first-order valence-corrected chi connectivity index (χ1v) is 11.1. The molecule has 2 heterocycles. The molecule has 1 aliphatic rings. The van der Waals surface area contributed by atoms with Gasteiger partial charge in [-0.05, 0) is 77.7 Å². The van der Waals surface area contributed by atoms with Gasteiger partial charge in [0.2, 0.25) is 0 Å². The number of fused-ring (bicyclic) bond motifs is 7. The third-order valence-corrected chi connectivity index (χ3v) is 6.75. The number of furan rings is 1. The van der Waals surface area contributed by atoms with Crippen molar-refractivity contribution in [2.24, 2.45) is 0 Å². The number of nitrogens with zero attached hydrogens (tertiary/aromatic N) is 1. The van der Waals surface area contributed by atoms with Gasteiger partial charge in [0, 0.05) is 21.8 Å². The van der Waals surface area contributed by atoms with E-state index in [2.05, 4.69) is 109 Å². The summed E-state index contributed by atoms with van der Waals surface area (Å²) in [7, 11) is 0. The summed E-state index contributed by atoms with van der Waals surface area (Å²) in [4.78, 5) is 0. The molecule has 152 valence electrons. The average molecular weight is 412 g/mol. The summed E-state index contributed by atoms with van der Waals surface area (Å²) in [5.74, 6) is 0. The fourth-order valence-electron chi connectivity index (χ4n) is 5.27. The Morgan fingerprint density at radius 3 is 2.56 bits per heavy atom. The van der Waals surface area contributed by atoms with Gasteiger partial charge in [0.05, 0.1) is 11.2 Å². The van der Waals surface area contributed by atoms with Crippen molar-refractivity contribution < 1.29 is 4.42 Å². The number of hydrogen-bond donors (Lipinski definition) is 0. The zero-order valence-corrected chi connectivity index (χ0v) is 17.8. The fraction of sp³-hybridized carbons (Fsp3) is 0.0667. The topological polar surface area (TPSA) is 18.1 Å². The Bertz CT molecular complexity index is 1760. The maximum Gasteiger partial charge on any atom is 0.135 e. The van der Waals surface area contributed by atoms with E-state index in [-0.39, 0.29) is 0 Å². The van der Waals surface area contributed by atoms with Gasteiger partial charge in [-0.2, -0.15) is 0 Å². The molecule has 0 radical (unpaired) electrons. The van der Waals surface area contributed by atoms with Crippen LogP contribution in [0.15, 0.2) is 95.4 Å². The van der Waals surface area contributed by atoms with Crippen molar-refractivity contribution in [3.63, 3.8) is 0 Å². The average Bonchev–Trinajstić information content (AvgIpc) is 3.22. The Morgan fingerprint density at radius 2 is 1.66 bits per heavy atom. The van der Waals surface area contributed by atoms with Crippen molar-refractivity contribution in [1.82, 2.24) is 4.57 Å². The third-order valence-electron chi connectivity index (χ3n) is 6.75. The molecule has 0 amide bonds. The van der Waals surface area contributed by atoms with Crippen LogP contribution < -0.4 is 0 Å². The van der Waals surface area contributed by atoms with Crippen molar-refractivity contribution >= 4 is 49.7 Å². The molecule has 0 saturated carbocycles. The highest BCUT2D eigenvalue weighted by molar-refractivity contribution is 6.08. The highest BCUT2D eigenvalue weighted by Crippen LogP contribution is 2.37. The largest absolute Gasteiger partial charge is 0.456 e. The van der Waals surface area contributed by atoms with Gasteiger partial charge in [0.15, 0.2) is 0 Å². The molecular weight excluding hydrogens is 390 g/mol. The van der Waals surface area contributed by atoms with E-state index in [0.717, 1.165) is 23.3 Å². The number of aromatic nitrogens is 1. The second-order valence-electron chi connectivity index (χ2n) is 8.64. The Hall–Kier alpha value is -4.04. The zero-order valence-electron chi connectivity index (χ0n) is 17.8. The Kier molecular flexibility index (Phi) is 3.57. The van der Waals surface area contributed by atoms with Gasteiger partial charge in [0.1, 0.15) is 11.2 Å². The molecule has 4 aromatic carbocycles. The molecule has 1 aliphatic carbocycles. The molecular formula is C30H21NO. The summed E-state index contributed by atoms with van der Waals surface area (Å²) in [6, 6.07) is 26.2. The van der Waals surface area contributed by atoms with Crippen LogP contribution in [0.5, 0.6) is 0 Å². The smallest absolute Gasteiger partial charge is 0.135 e. The Morgan fingerprint density at radius 1 is 0.781 bits per heavy atom. The van der Waals surface area contributed by atoms with Crippen LogP contribution in [-0.4, -0.2) is 4.57 Å². The standard InChI is InChI=1S/C30H21NO/c1-19-8-7-13-29-30(19)25-18-22(14-15-28(25)32-29)31-26-12-4-2-3-11-23(26)24-16-20-9-5-6-10-21(20)17-27(24)31/h2-10,12-18H,11H2,1H3. The summed E-state index contributed by atoms with van der Waals surface area (Å²) >= 11 is 0. The van der Waals surface area contributed by atoms with E-state index >= 15 is 0 Å². The minimum atomic E-state index is 0.931. The van der Waals surface area contributed by atoms with Crippen LogP contribution in [0.4, 0.5) is 0 Å². The third kappa shape index (κ3) is 2.41. The summed E-state index contributed by atoms with van der Waals surface area (Å²) in [5.41, 5.74) is 8.17. The highest BCUT2D eigenvalue weighted by atomic mass is 16.3. The first-order chi connectivity index (χ1) is 15.8.